The highest BCUT2D eigenvalue weighted by Gasteiger charge is 2.19. The summed E-state index contributed by atoms with van der Waals surface area (Å²) >= 11 is 0. The number of hydrogen-bond donors (Lipinski definition) is 0. The first-order chi connectivity index (χ1) is 9.72. The second-order valence-corrected chi connectivity index (χ2v) is 5.08. The van der Waals surface area contributed by atoms with Gasteiger partial charge in [0, 0.05) is 19.2 Å². The number of carbonyl (C=O) groups excluding carboxylic acids is 1. The minimum absolute atomic E-state index is 0.211. The van der Waals surface area contributed by atoms with Crippen molar-refractivity contribution in [2.75, 3.05) is 6.61 Å². The monoisotopic (exact) mass is 271 g/mol. The Bertz CT molecular complexity index is 514. The molecule has 0 spiro atoms. The van der Waals surface area contributed by atoms with Gasteiger partial charge in [0.15, 0.2) is 0 Å². The van der Waals surface area contributed by atoms with Crippen LogP contribution in [0.5, 0.6) is 0 Å². The molecule has 0 aromatic heterocycles. The van der Waals surface area contributed by atoms with Crippen LogP contribution >= 0.6 is 0 Å². The van der Waals surface area contributed by atoms with Crippen LogP contribution in [0, 0.1) is 6.92 Å². The van der Waals surface area contributed by atoms with E-state index in [0.29, 0.717) is 6.61 Å². The lowest BCUT2D eigenvalue weighted by Crippen LogP contribution is -2.20. The zero-order chi connectivity index (χ0) is 14.4. The topological polar surface area (TPSA) is 38.7 Å². The summed E-state index contributed by atoms with van der Waals surface area (Å²) in [6.07, 6.45) is 5.46. The molecule has 1 aliphatic rings. The fraction of sp³-hybridized carbons (Fsp3) is 0.412. The number of allylic oxidation sites excluding steroid dienone is 1. The van der Waals surface area contributed by atoms with Crippen LogP contribution < -0.4 is 0 Å². The normalized spacial score (nSPS) is 19.6. The first kappa shape index (κ1) is 14.7. The molecule has 1 aromatic rings. The second-order valence-electron chi connectivity index (χ2n) is 5.08. The second kappa shape index (κ2) is 7.15. The maximum atomic E-state index is 11.1. The van der Waals surface area contributed by atoms with Crippen molar-refractivity contribution in [3.8, 4) is 0 Å². The van der Waals surface area contributed by atoms with Crippen molar-refractivity contribution in [1.82, 2.24) is 0 Å². The molecule has 0 fully saturated rings. The third kappa shape index (κ3) is 3.87. The fourth-order valence-electron chi connectivity index (χ4n) is 2.39. The minimum atomic E-state index is 0.211. The van der Waals surface area contributed by atoms with E-state index in [2.05, 4.69) is 4.99 Å². The predicted octanol–water partition coefficient (Wildman–Crippen LogP) is 3.78. The summed E-state index contributed by atoms with van der Waals surface area (Å²) in [6, 6.07) is 8.03. The van der Waals surface area contributed by atoms with Gasteiger partial charge in [0.2, 0.25) is 0 Å². The highest BCUT2D eigenvalue weighted by atomic mass is 16.5. The Kier molecular flexibility index (Phi) is 5.24. The van der Waals surface area contributed by atoms with Gasteiger partial charge in [-0.1, -0.05) is 17.7 Å². The first-order valence-corrected chi connectivity index (χ1v) is 7.12. The Labute approximate surface area is 120 Å². The number of ether oxygens (including phenoxy) is 1. The summed E-state index contributed by atoms with van der Waals surface area (Å²) in [4.78, 5) is 15.6. The van der Waals surface area contributed by atoms with Crippen LogP contribution in [0.4, 0.5) is 5.69 Å². The maximum Gasteiger partial charge on any atom is 0.146 e. The molecule has 0 bridgehead atoms. The van der Waals surface area contributed by atoms with Crippen molar-refractivity contribution in [2.45, 2.75) is 39.2 Å². The summed E-state index contributed by atoms with van der Waals surface area (Å²) in [7, 11) is 0. The summed E-state index contributed by atoms with van der Waals surface area (Å²) in [6.45, 7) is 4.76. The van der Waals surface area contributed by atoms with E-state index >= 15 is 0 Å². The third-order valence-corrected chi connectivity index (χ3v) is 3.54. The van der Waals surface area contributed by atoms with Gasteiger partial charge in [0.1, 0.15) is 6.29 Å². The summed E-state index contributed by atoms with van der Waals surface area (Å²) in [5.41, 5.74) is 3.99. The van der Waals surface area contributed by atoms with Gasteiger partial charge in [0.05, 0.1) is 11.8 Å². The molecule has 0 amide bonds. The van der Waals surface area contributed by atoms with Crippen molar-refractivity contribution >= 4 is 18.2 Å². The van der Waals surface area contributed by atoms with Crippen LogP contribution in [-0.2, 0) is 9.53 Å². The largest absolute Gasteiger partial charge is 0.378 e. The maximum absolute atomic E-state index is 11.1. The standard InChI is InChI=1S/C17H21NO2/c1-3-20-17-9-6-14(12-19)15(10-17)11-18-16-7-4-13(2)5-8-16/h4-5,7-8,11-12,17H,3,6,9-10H2,1-2H3. The van der Waals surface area contributed by atoms with E-state index in [1.807, 2.05) is 44.3 Å². The van der Waals surface area contributed by atoms with Crippen LogP contribution in [0.3, 0.4) is 0 Å². The van der Waals surface area contributed by atoms with Gasteiger partial charge in [-0.25, -0.2) is 0 Å². The van der Waals surface area contributed by atoms with Crippen LogP contribution in [0.1, 0.15) is 31.7 Å². The molecule has 0 N–H and O–H groups in total. The highest BCUT2D eigenvalue weighted by molar-refractivity contribution is 5.90. The molecular formula is C17H21NO2. The molecule has 0 aliphatic heterocycles. The molecule has 3 heteroatoms. The Hall–Kier alpha value is -1.74. The number of aliphatic imine (C=N–C) groups is 1. The zero-order valence-electron chi connectivity index (χ0n) is 12.1. The van der Waals surface area contributed by atoms with Crippen LogP contribution in [-0.4, -0.2) is 25.2 Å². The van der Waals surface area contributed by atoms with Gasteiger partial charge in [-0.15, -0.1) is 0 Å². The fourth-order valence-corrected chi connectivity index (χ4v) is 2.39. The molecule has 1 aromatic carbocycles. The van der Waals surface area contributed by atoms with Crippen molar-refractivity contribution in [3.63, 3.8) is 0 Å². The lowest BCUT2D eigenvalue weighted by molar-refractivity contribution is -0.105. The third-order valence-electron chi connectivity index (χ3n) is 3.54. The number of rotatable bonds is 5. The van der Waals surface area contributed by atoms with Gasteiger partial charge in [-0.05, 0) is 50.0 Å². The SMILES string of the molecule is CCOC1CCC(C=O)=C(C=Nc2ccc(C)cc2)C1. The average Bonchev–Trinajstić information content (AvgIpc) is 2.47. The predicted molar refractivity (Wildman–Crippen MR) is 81.7 cm³/mol. The smallest absolute Gasteiger partial charge is 0.146 e. The highest BCUT2D eigenvalue weighted by Crippen LogP contribution is 2.25. The van der Waals surface area contributed by atoms with E-state index in [1.54, 1.807) is 0 Å². The van der Waals surface area contributed by atoms with Gasteiger partial charge in [-0.3, -0.25) is 9.79 Å². The van der Waals surface area contributed by atoms with Crippen molar-refractivity contribution < 1.29 is 9.53 Å². The Morgan fingerprint density at radius 3 is 2.70 bits per heavy atom. The molecule has 1 unspecified atom stereocenters. The van der Waals surface area contributed by atoms with Crippen LogP contribution in [0.25, 0.3) is 0 Å². The Balaban J connectivity index is 2.13. The lowest BCUT2D eigenvalue weighted by Gasteiger charge is -2.23. The lowest BCUT2D eigenvalue weighted by atomic mass is 9.91. The van der Waals surface area contributed by atoms with Gasteiger partial charge in [-0.2, -0.15) is 0 Å². The molecule has 0 saturated heterocycles. The molecular weight excluding hydrogens is 250 g/mol. The van der Waals surface area contributed by atoms with Crippen LogP contribution in [0.15, 0.2) is 40.4 Å². The Morgan fingerprint density at radius 2 is 2.05 bits per heavy atom. The molecule has 0 heterocycles. The van der Waals surface area contributed by atoms with E-state index in [4.69, 9.17) is 4.74 Å². The van der Waals surface area contributed by atoms with Crippen molar-refractivity contribution in [3.05, 3.63) is 41.0 Å². The number of nitrogens with zero attached hydrogens (tertiary/aromatic N) is 1. The quantitative estimate of drug-likeness (QED) is 0.604. The van der Waals surface area contributed by atoms with E-state index in [1.165, 1.54) is 5.56 Å². The van der Waals surface area contributed by atoms with Crippen LogP contribution in [0.2, 0.25) is 0 Å². The van der Waals surface area contributed by atoms with Crippen molar-refractivity contribution in [1.29, 1.82) is 0 Å². The molecule has 2 rings (SSSR count). The summed E-state index contributed by atoms with van der Waals surface area (Å²) in [5.74, 6) is 0. The van der Waals surface area contributed by atoms with Gasteiger partial charge >= 0.3 is 0 Å². The molecule has 3 nitrogen and oxygen atoms in total. The van der Waals surface area contributed by atoms with E-state index in [9.17, 15) is 4.79 Å². The molecule has 1 aliphatic carbocycles. The molecule has 0 saturated carbocycles. The minimum Gasteiger partial charge on any atom is -0.378 e. The first-order valence-electron chi connectivity index (χ1n) is 7.12. The molecule has 106 valence electrons. The number of aldehydes is 1. The summed E-state index contributed by atoms with van der Waals surface area (Å²) < 4.78 is 5.66. The number of aryl methyl sites for hydroxylation is 1. The van der Waals surface area contributed by atoms with Crippen molar-refractivity contribution in [2.24, 2.45) is 4.99 Å². The number of benzene rings is 1. The average molecular weight is 271 g/mol. The van der Waals surface area contributed by atoms with Gasteiger partial charge < -0.3 is 4.74 Å². The molecule has 20 heavy (non-hydrogen) atoms. The van der Waals surface area contributed by atoms with E-state index < -0.39 is 0 Å². The zero-order valence-corrected chi connectivity index (χ0v) is 12.1. The van der Waals surface area contributed by atoms with Gasteiger partial charge in [0.25, 0.3) is 0 Å². The van der Waals surface area contributed by atoms with E-state index in [0.717, 1.165) is 42.4 Å². The summed E-state index contributed by atoms with van der Waals surface area (Å²) in [5, 5.41) is 0. The molecule has 1 atom stereocenters. The van der Waals surface area contributed by atoms with E-state index in [-0.39, 0.29) is 6.10 Å². The number of hydrogen-bond acceptors (Lipinski definition) is 3. The number of carbonyl (C=O) groups is 1. The Morgan fingerprint density at radius 1 is 1.30 bits per heavy atom. The molecule has 0 radical (unpaired) electrons.